The molecule has 1 saturated heterocycles. The zero-order valence-corrected chi connectivity index (χ0v) is 10.4. The quantitative estimate of drug-likeness (QED) is 0.927. The Balaban J connectivity index is 1.95. The number of carboxylic acid groups (broad SMARTS) is 1. The maximum Gasteiger partial charge on any atom is 0.307 e. The van der Waals surface area contributed by atoms with E-state index in [4.69, 9.17) is 9.52 Å². The van der Waals surface area contributed by atoms with Gasteiger partial charge < -0.3 is 9.52 Å². The van der Waals surface area contributed by atoms with Crippen LogP contribution in [-0.2, 0) is 11.3 Å². The van der Waals surface area contributed by atoms with E-state index in [0.717, 1.165) is 29.6 Å². The predicted octanol–water partition coefficient (Wildman–Crippen LogP) is 2.34. The lowest BCUT2D eigenvalue weighted by Gasteiger charge is -2.29. The van der Waals surface area contributed by atoms with Gasteiger partial charge in [0.2, 0.25) is 0 Å². The van der Waals surface area contributed by atoms with Gasteiger partial charge in [-0.1, -0.05) is 0 Å². The lowest BCUT2D eigenvalue weighted by Crippen LogP contribution is -2.38. The molecule has 1 unspecified atom stereocenters. The van der Waals surface area contributed by atoms with Gasteiger partial charge in [0.05, 0.1) is 23.2 Å². The number of piperidine rings is 1. The van der Waals surface area contributed by atoms with Gasteiger partial charge >= 0.3 is 5.97 Å². The van der Waals surface area contributed by atoms with Crippen LogP contribution in [0.15, 0.2) is 21.2 Å². The van der Waals surface area contributed by atoms with Crippen molar-refractivity contribution in [3.8, 4) is 0 Å². The first-order chi connectivity index (χ1) is 7.66. The summed E-state index contributed by atoms with van der Waals surface area (Å²) in [4.78, 5) is 13.0. The molecule has 16 heavy (non-hydrogen) atoms. The van der Waals surface area contributed by atoms with E-state index < -0.39 is 5.97 Å². The first-order valence-electron chi connectivity index (χ1n) is 5.34. The van der Waals surface area contributed by atoms with Crippen LogP contribution in [0.5, 0.6) is 0 Å². The fourth-order valence-electron chi connectivity index (χ4n) is 2.04. The highest BCUT2D eigenvalue weighted by molar-refractivity contribution is 9.10. The molecule has 1 fully saturated rings. The molecule has 2 heterocycles. The smallest absolute Gasteiger partial charge is 0.307 e. The van der Waals surface area contributed by atoms with Gasteiger partial charge in [-0.05, 0) is 41.4 Å². The summed E-state index contributed by atoms with van der Waals surface area (Å²) in [5.41, 5.74) is 0. The number of carbonyl (C=O) groups is 1. The Kier molecular flexibility index (Phi) is 3.66. The van der Waals surface area contributed by atoms with Gasteiger partial charge in [-0.3, -0.25) is 9.69 Å². The van der Waals surface area contributed by atoms with Crippen molar-refractivity contribution in [2.24, 2.45) is 5.92 Å². The minimum atomic E-state index is -0.691. The molecule has 2 rings (SSSR count). The standard InChI is InChI=1S/C11H14BrNO3/c12-9-3-5-16-10(9)7-13-4-1-2-8(6-13)11(14)15/h3,5,8H,1-2,4,6-7H2,(H,14,15). The zero-order valence-electron chi connectivity index (χ0n) is 8.86. The number of rotatable bonds is 3. The van der Waals surface area contributed by atoms with E-state index in [0.29, 0.717) is 13.1 Å². The molecule has 0 spiro atoms. The summed E-state index contributed by atoms with van der Waals surface area (Å²) in [7, 11) is 0. The summed E-state index contributed by atoms with van der Waals surface area (Å²) in [6.45, 7) is 2.23. The molecule has 0 amide bonds. The Hall–Kier alpha value is -0.810. The number of carboxylic acids is 1. The van der Waals surface area contributed by atoms with Crippen LogP contribution in [0.1, 0.15) is 18.6 Å². The Bertz CT molecular complexity index is 377. The molecule has 88 valence electrons. The highest BCUT2D eigenvalue weighted by atomic mass is 79.9. The molecule has 1 aliphatic rings. The van der Waals surface area contributed by atoms with E-state index in [9.17, 15) is 4.79 Å². The molecule has 1 aromatic heterocycles. The highest BCUT2D eigenvalue weighted by Crippen LogP contribution is 2.23. The number of furan rings is 1. The van der Waals surface area contributed by atoms with Crippen LogP contribution >= 0.6 is 15.9 Å². The molecule has 0 aliphatic carbocycles. The van der Waals surface area contributed by atoms with Crippen molar-refractivity contribution < 1.29 is 14.3 Å². The number of hydrogen-bond donors (Lipinski definition) is 1. The lowest BCUT2D eigenvalue weighted by molar-refractivity contribution is -0.143. The SMILES string of the molecule is O=C(O)C1CCCN(Cc2occc2Br)C1. The van der Waals surface area contributed by atoms with E-state index >= 15 is 0 Å². The lowest BCUT2D eigenvalue weighted by atomic mass is 9.98. The van der Waals surface area contributed by atoms with Gasteiger partial charge in [-0.25, -0.2) is 0 Å². The summed E-state index contributed by atoms with van der Waals surface area (Å²) in [5, 5.41) is 8.98. The molecular weight excluding hydrogens is 274 g/mol. The van der Waals surface area contributed by atoms with Crippen molar-refractivity contribution in [1.29, 1.82) is 0 Å². The fourth-order valence-corrected chi connectivity index (χ4v) is 2.37. The van der Waals surface area contributed by atoms with Crippen LogP contribution < -0.4 is 0 Å². The second-order valence-corrected chi connectivity index (χ2v) is 4.96. The average Bonchev–Trinajstić information content (AvgIpc) is 2.65. The van der Waals surface area contributed by atoms with E-state index in [1.807, 2.05) is 6.07 Å². The van der Waals surface area contributed by atoms with Gasteiger partial charge in [0.15, 0.2) is 0 Å². The number of nitrogens with zero attached hydrogens (tertiary/aromatic N) is 1. The summed E-state index contributed by atoms with van der Waals surface area (Å²) >= 11 is 3.40. The molecule has 1 atom stereocenters. The highest BCUT2D eigenvalue weighted by Gasteiger charge is 2.26. The van der Waals surface area contributed by atoms with E-state index in [2.05, 4.69) is 20.8 Å². The Morgan fingerprint density at radius 3 is 3.12 bits per heavy atom. The number of hydrogen-bond acceptors (Lipinski definition) is 3. The third-order valence-electron chi connectivity index (χ3n) is 2.91. The third kappa shape index (κ3) is 2.65. The van der Waals surface area contributed by atoms with Crippen molar-refractivity contribution in [2.75, 3.05) is 13.1 Å². The minimum Gasteiger partial charge on any atom is -0.481 e. The molecule has 0 aromatic carbocycles. The molecular formula is C11H14BrNO3. The van der Waals surface area contributed by atoms with E-state index in [1.54, 1.807) is 6.26 Å². The maximum absolute atomic E-state index is 10.9. The molecule has 0 bridgehead atoms. The first-order valence-corrected chi connectivity index (χ1v) is 6.13. The van der Waals surface area contributed by atoms with Gasteiger partial charge in [0.25, 0.3) is 0 Å². The van der Waals surface area contributed by atoms with Crippen LogP contribution in [0.4, 0.5) is 0 Å². The van der Waals surface area contributed by atoms with Crippen molar-refractivity contribution in [2.45, 2.75) is 19.4 Å². The van der Waals surface area contributed by atoms with E-state index in [1.165, 1.54) is 0 Å². The monoisotopic (exact) mass is 287 g/mol. The molecule has 0 saturated carbocycles. The second-order valence-electron chi connectivity index (χ2n) is 4.10. The third-order valence-corrected chi connectivity index (χ3v) is 3.62. The topological polar surface area (TPSA) is 53.7 Å². The van der Waals surface area contributed by atoms with Crippen LogP contribution in [0.25, 0.3) is 0 Å². The summed E-state index contributed by atoms with van der Waals surface area (Å²) in [5.74, 6) is -0.0586. The second kappa shape index (κ2) is 5.01. The maximum atomic E-state index is 10.9. The average molecular weight is 288 g/mol. The molecule has 5 heteroatoms. The largest absolute Gasteiger partial charge is 0.481 e. The molecule has 0 radical (unpaired) electrons. The summed E-state index contributed by atoms with van der Waals surface area (Å²) in [6, 6.07) is 1.86. The summed E-state index contributed by atoms with van der Waals surface area (Å²) < 4.78 is 6.28. The van der Waals surface area contributed by atoms with Gasteiger partial charge in [-0.2, -0.15) is 0 Å². The molecule has 1 aliphatic heterocycles. The van der Waals surface area contributed by atoms with Gasteiger partial charge in [0.1, 0.15) is 5.76 Å². The van der Waals surface area contributed by atoms with Crippen molar-refractivity contribution >= 4 is 21.9 Å². The molecule has 1 N–H and O–H groups in total. The number of likely N-dealkylation sites (tertiary alicyclic amines) is 1. The fraction of sp³-hybridized carbons (Fsp3) is 0.545. The van der Waals surface area contributed by atoms with Gasteiger partial charge in [-0.15, -0.1) is 0 Å². The zero-order chi connectivity index (χ0) is 11.5. The van der Waals surface area contributed by atoms with E-state index in [-0.39, 0.29) is 5.92 Å². The Labute approximate surface area is 102 Å². The predicted molar refractivity (Wildman–Crippen MR) is 62.0 cm³/mol. The van der Waals surface area contributed by atoms with Crippen LogP contribution in [-0.4, -0.2) is 29.1 Å². The van der Waals surface area contributed by atoms with Crippen molar-refractivity contribution in [3.05, 3.63) is 22.6 Å². The number of aliphatic carboxylic acids is 1. The van der Waals surface area contributed by atoms with Crippen molar-refractivity contribution in [3.63, 3.8) is 0 Å². The molecule has 1 aromatic rings. The Morgan fingerprint density at radius 1 is 1.69 bits per heavy atom. The first kappa shape index (κ1) is 11.7. The van der Waals surface area contributed by atoms with Crippen LogP contribution in [0, 0.1) is 5.92 Å². The minimum absolute atomic E-state index is 0.234. The number of halogens is 1. The van der Waals surface area contributed by atoms with Crippen LogP contribution in [0.2, 0.25) is 0 Å². The Morgan fingerprint density at radius 2 is 2.50 bits per heavy atom. The van der Waals surface area contributed by atoms with Gasteiger partial charge in [0, 0.05) is 6.54 Å². The van der Waals surface area contributed by atoms with Crippen molar-refractivity contribution in [1.82, 2.24) is 4.90 Å². The summed E-state index contributed by atoms with van der Waals surface area (Å²) in [6.07, 6.45) is 3.36. The normalized spacial score (nSPS) is 22.2. The molecule has 4 nitrogen and oxygen atoms in total. The van der Waals surface area contributed by atoms with Crippen LogP contribution in [0.3, 0.4) is 0 Å².